The summed E-state index contributed by atoms with van der Waals surface area (Å²) in [5.74, 6) is -0.106. The Kier molecular flexibility index (Phi) is 4.85. The number of rotatable bonds is 3. The number of nitrogens with one attached hydrogen (secondary N) is 1. The summed E-state index contributed by atoms with van der Waals surface area (Å²) in [6, 6.07) is 7.38. The van der Waals surface area contributed by atoms with Crippen molar-refractivity contribution in [3.05, 3.63) is 46.0 Å². The number of aromatic nitrogens is 1. The van der Waals surface area contributed by atoms with Crippen LogP contribution in [0.15, 0.2) is 24.3 Å². The molecule has 3 N–H and O–H groups in total. The van der Waals surface area contributed by atoms with Crippen LogP contribution in [0.3, 0.4) is 0 Å². The van der Waals surface area contributed by atoms with Gasteiger partial charge in [-0.25, -0.2) is 4.98 Å². The molecule has 3 rings (SSSR count). The summed E-state index contributed by atoms with van der Waals surface area (Å²) >= 11 is 1.63. The molecule has 0 unspecified atom stereocenters. The Morgan fingerprint density at radius 3 is 2.59 bits per heavy atom. The number of fused-ring (bicyclic) bond motifs is 1. The summed E-state index contributed by atoms with van der Waals surface area (Å²) in [7, 11) is 0. The van der Waals surface area contributed by atoms with Crippen LogP contribution in [0.25, 0.3) is 0 Å². The molecular weight excluding hydrogens is 294 g/mol. The van der Waals surface area contributed by atoms with Crippen LogP contribution in [0.1, 0.15) is 52.2 Å². The summed E-state index contributed by atoms with van der Waals surface area (Å²) in [6.07, 6.45) is 7.13. The minimum Gasteiger partial charge on any atom is -0.326 e. The Hall–Kier alpha value is -1.72. The number of thiazole rings is 1. The van der Waals surface area contributed by atoms with Crippen molar-refractivity contribution in [3.8, 4) is 0 Å². The number of carbonyl (C=O) groups is 1. The molecular formula is C17H21N3OS. The first-order valence-electron chi connectivity index (χ1n) is 7.85. The quantitative estimate of drug-likeness (QED) is 0.910. The number of anilines is 1. The number of amides is 1. The molecule has 1 heterocycles. The zero-order valence-corrected chi connectivity index (χ0v) is 13.4. The second-order valence-corrected chi connectivity index (χ2v) is 6.74. The van der Waals surface area contributed by atoms with E-state index in [0.717, 1.165) is 23.5 Å². The van der Waals surface area contributed by atoms with Gasteiger partial charge in [-0.15, -0.1) is 11.3 Å². The van der Waals surface area contributed by atoms with Gasteiger partial charge in [0.2, 0.25) is 0 Å². The van der Waals surface area contributed by atoms with E-state index in [0.29, 0.717) is 12.1 Å². The van der Waals surface area contributed by atoms with Gasteiger partial charge >= 0.3 is 0 Å². The van der Waals surface area contributed by atoms with Gasteiger partial charge in [0.25, 0.3) is 5.91 Å². The maximum absolute atomic E-state index is 12.3. The molecule has 116 valence electrons. The Morgan fingerprint density at radius 1 is 1.14 bits per heavy atom. The first kappa shape index (κ1) is 15.2. The second-order valence-electron chi connectivity index (χ2n) is 5.66. The molecule has 1 aromatic carbocycles. The monoisotopic (exact) mass is 315 g/mol. The molecule has 0 saturated heterocycles. The maximum atomic E-state index is 12.3. The molecule has 1 aliphatic carbocycles. The average molecular weight is 315 g/mol. The van der Waals surface area contributed by atoms with Crippen molar-refractivity contribution < 1.29 is 4.79 Å². The molecule has 0 radical (unpaired) electrons. The van der Waals surface area contributed by atoms with E-state index in [9.17, 15) is 4.79 Å². The van der Waals surface area contributed by atoms with E-state index in [-0.39, 0.29) is 5.91 Å². The van der Waals surface area contributed by atoms with E-state index in [4.69, 9.17) is 5.73 Å². The largest absolute Gasteiger partial charge is 0.326 e. The minimum absolute atomic E-state index is 0.106. The summed E-state index contributed by atoms with van der Waals surface area (Å²) in [5.41, 5.74) is 8.41. The number of nitrogens with zero attached hydrogens (tertiary/aromatic N) is 1. The van der Waals surface area contributed by atoms with Gasteiger partial charge in [-0.05, 0) is 43.4 Å². The van der Waals surface area contributed by atoms with Gasteiger partial charge in [0.05, 0.1) is 5.69 Å². The van der Waals surface area contributed by atoms with Crippen molar-refractivity contribution >= 4 is 22.4 Å². The number of benzene rings is 1. The minimum atomic E-state index is -0.106. The molecule has 1 aliphatic rings. The zero-order valence-electron chi connectivity index (χ0n) is 12.6. The summed E-state index contributed by atoms with van der Waals surface area (Å²) in [4.78, 5) is 18.2. The van der Waals surface area contributed by atoms with Crippen LogP contribution < -0.4 is 11.1 Å². The molecule has 1 aromatic heterocycles. The van der Waals surface area contributed by atoms with Crippen LogP contribution in [0.5, 0.6) is 0 Å². The lowest BCUT2D eigenvalue weighted by molar-refractivity contribution is 0.102. The van der Waals surface area contributed by atoms with Crippen LogP contribution in [0.2, 0.25) is 0 Å². The van der Waals surface area contributed by atoms with Crippen LogP contribution in [-0.4, -0.2) is 10.9 Å². The van der Waals surface area contributed by atoms with Crippen molar-refractivity contribution in [3.63, 3.8) is 0 Å². The van der Waals surface area contributed by atoms with E-state index < -0.39 is 0 Å². The molecule has 4 nitrogen and oxygen atoms in total. The highest BCUT2D eigenvalue weighted by Gasteiger charge is 2.15. The molecule has 2 aromatic rings. The van der Waals surface area contributed by atoms with Crippen molar-refractivity contribution in [1.29, 1.82) is 0 Å². The molecule has 1 amide bonds. The molecule has 0 fully saturated rings. The Balaban J connectivity index is 1.71. The van der Waals surface area contributed by atoms with Crippen LogP contribution in [0.4, 0.5) is 5.13 Å². The highest BCUT2D eigenvalue weighted by Crippen LogP contribution is 2.28. The maximum Gasteiger partial charge on any atom is 0.257 e. The van der Waals surface area contributed by atoms with Crippen LogP contribution in [0, 0.1) is 0 Å². The zero-order chi connectivity index (χ0) is 15.4. The average Bonchev–Trinajstić information content (AvgIpc) is 2.88. The molecule has 0 bridgehead atoms. The standard InChI is InChI=1S/C17H21N3OS/c18-11-12-7-9-13(10-8-12)16(21)20-17-19-14-5-3-1-2-4-6-15(14)22-17/h7-10H,1-6,11,18H2,(H,19,20,21). The lowest BCUT2D eigenvalue weighted by atomic mass is 10.0. The fourth-order valence-electron chi connectivity index (χ4n) is 2.72. The van der Waals surface area contributed by atoms with E-state index in [1.165, 1.54) is 36.3 Å². The van der Waals surface area contributed by atoms with Gasteiger partial charge in [-0.2, -0.15) is 0 Å². The summed E-state index contributed by atoms with van der Waals surface area (Å²) in [6.45, 7) is 0.487. The van der Waals surface area contributed by atoms with Crippen molar-refractivity contribution in [2.24, 2.45) is 5.73 Å². The van der Waals surface area contributed by atoms with Gasteiger partial charge in [-0.3, -0.25) is 10.1 Å². The van der Waals surface area contributed by atoms with Crippen molar-refractivity contribution in [1.82, 2.24) is 4.98 Å². The third kappa shape index (κ3) is 3.54. The third-order valence-electron chi connectivity index (χ3n) is 4.02. The number of hydrogen-bond acceptors (Lipinski definition) is 4. The van der Waals surface area contributed by atoms with Gasteiger partial charge in [0, 0.05) is 17.0 Å². The molecule has 0 spiro atoms. The molecule has 0 atom stereocenters. The molecule has 0 aliphatic heterocycles. The Bertz CT molecular complexity index is 623. The Labute approximate surface area is 134 Å². The van der Waals surface area contributed by atoms with E-state index in [1.807, 2.05) is 12.1 Å². The van der Waals surface area contributed by atoms with Crippen molar-refractivity contribution in [2.45, 2.75) is 45.1 Å². The number of aryl methyl sites for hydroxylation is 2. The summed E-state index contributed by atoms with van der Waals surface area (Å²) < 4.78 is 0. The van der Waals surface area contributed by atoms with Crippen molar-refractivity contribution in [2.75, 3.05) is 5.32 Å². The normalized spacial score (nSPS) is 14.8. The van der Waals surface area contributed by atoms with E-state index in [2.05, 4.69) is 10.3 Å². The highest BCUT2D eigenvalue weighted by molar-refractivity contribution is 7.15. The Morgan fingerprint density at radius 2 is 1.86 bits per heavy atom. The van der Waals surface area contributed by atoms with E-state index in [1.54, 1.807) is 23.5 Å². The third-order valence-corrected chi connectivity index (χ3v) is 5.09. The number of hydrogen-bond donors (Lipinski definition) is 2. The number of nitrogens with two attached hydrogens (primary N) is 1. The van der Waals surface area contributed by atoms with Crippen LogP contribution >= 0.6 is 11.3 Å². The first-order valence-corrected chi connectivity index (χ1v) is 8.67. The smallest absolute Gasteiger partial charge is 0.257 e. The van der Waals surface area contributed by atoms with Gasteiger partial charge < -0.3 is 5.73 Å². The van der Waals surface area contributed by atoms with Gasteiger partial charge in [0.15, 0.2) is 5.13 Å². The first-order chi connectivity index (χ1) is 10.8. The predicted molar refractivity (Wildman–Crippen MR) is 90.3 cm³/mol. The molecule has 22 heavy (non-hydrogen) atoms. The topological polar surface area (TPSA) is 68.0 Å². The SMILES string of the molecule is NCc1ccc(C(=O)Nc2nc3c(s2)CCCCCC3)cc1. The van der Waals surface area contributed by atoms with Gasteiger partial charge in [-0.1, -0.05) is 25.0 Å². The lowest BCUT2D eigenvalue weighted by Crippen LogP contribution is -2.12. The molecule has 0 saturated carbocycles. The second kappa shape index (κ2) is 7.03. The lowest BCUT2D eigenvalue weighted by Gasteiger charge is -2.06. The van der Waals surface area contributed by atoms with Crippen LogP contribution in [-0.2, 0) is 19.4 Å². The highest BCUT2D eigenvalue weighted by atomic mass is 32.1. The summed E-state index contributed by atoms with van der Waals surface area (Å²) in [5, 5.41) is 3.65. The number of carbonyl (C=O) groups excluding carboxylic acids is 1. The predicted octanol–water partition coefficient (Wildman–Crippen LogP) is 3.51. The fraction of sp³-hybridized carbons (Fsp3) is 0.412. The van der Waals surface area contributed by atoms with E-state index >= 15 is 0 Å². The molecule has 5 heteroatoms. The fourth-order valence-corrected chi connectivity index (χ4v) is 3.77. The van der Waals surface area contributed by atoms with Gasteiger partial charge in [0.1, 0.15) is 0 Å².